The number of carboxylic acid groups (broad SMARTS) is 1. The molecule has 1 atom stereocenters. The summed E-state index contributed by atoms with van der Waals surface area (Å²) in [7, 11) is 0. The van der Waals surface area contributed by atoms with Crippen LogP contribution in [0.1, 0.15) is 55.9 Å². The highest BCUT2D eigenvalue weighted by molar-refractivity contribution is 5.97. The zero-order valence-corrected chi connectivity index (χ0v) is 23.1. The maximum atomic E-state index is 13.5. The summed E-state index contributed by atoms with van der Waals surface area (Å²) in [5.41, 5.74) is 0.804. The lowest BCUT2D eigenvalue weighted by Crippen LogP contribution is -2.55. The molecule has 1 aliphatic heterocycles. The predicted molar refractivity (Wildman–Crippen MR) is 148 cm³/mol. The van der Waals surface area contributed by atoms with Gasteiger partial charge in [-0.1, -0.05) is 43.2 Å². The molecule has 1 aliphatic carbocycles. The molecule has 3 N–H and O–H groups in total. The minimum atomic E-state index is -1.09. The Kier molecular flexibility index (Phi) is 10.4. The molecule has 2 heterocycles. The molecule has 2 aliphatic rings. The van der Waals surface area contributed by atoms with Gasteiger partial charge < -0.3 is 30.2 Å². The number of nitrogens with zero attached hydrogens (tertiary/aromatic N) is 4. The van der Waals surface area contributed by atoms with E-state index < -0.39 is 30.0 Å². The topological polar surface area (TPSA) is 163 Å². The number of anilines is 1. The van der Waals surface area contributed by atoms with Gasteiger partial charge in [0.05, 0.1) is 19.7 Å². The normalized spacial score (nSPS) is 16.6. The van der Waals surface area contributed by atoms with Crippen molar-refractivity contribution in [3.05, 3.63) is 42.1 Å². The standard InChI is InChI=1S/C28H36N6O7/c1-2-40-28(39)41-34-16-14-33(15-17-34)27(38)21(12-13-24(35)36)31-26(37)22-18-23(29-20-10-6-7-11-20)32-25(30-22)19-8-4-3-5-9-19/h3-5,8-9,18,20-21H,2,6-7,10-17H2,1H3,(H,31,37)(H,35,36)(H,29,30,32)/t21-/m0/s1. The SMILES string of the molecule is CCOC(=O)ON1CCN(C(=O)[C@H](CCC(=O)O)NC(=O)c2cc(NC3CCCC3)nc(-c3ccccc3)n2)CC1. The summed E-state index contributed by atoms with van der Waals surface area (Å²) in [5.74, 6) is -1.22. The Balaban J connectivity index is 1.49. The van der Waals surface area contributed by atoms with Crippen molar-refractivity contribution in [2.45, 2.75) is 57.5 Å². The van der Waals surface area contributed by atoms with Crippen LogP contribution in [-0.4, -0.2) is 93.8 Å². The maximum absolute atomic E-state index is 13.5. The van der Waals surface area contributed by atoms with Crippen molar-refractivity contribution in [3.8, 4) is 11.4 Å². The summed E-state index contributed by atoms with van der Waals surface area (Å²) >= 11 is 0. The van der Waals surface area contributed by atoms with E-state index in [-0.39, 0.29) is 57.4 Å². The van der Waals surface area contributed by atoms with Crippen LogP contribution in [0.25, 0.3) is 11.4 Å². The number of benzene rings is 1. The van der Waals surface area contributed by atoms with Crippen molar-refractivity contribution in [1.82, 2.24) is 25.2 Å². The highest BCUT2D eigenvalue weighted by Gasteiger charge is 2.31. The summed E-state index contributed by atoms with van der Waals surface area (Å²) in [5, 5.41) is 16.8. The van der Waals surface area contributed by atoms with Crippen LogP contribution in [0.5, 0.6) is 0 Å². The number of hydrogen-bond donors (Lipinski definition) is 3. The van der Waals surface area contributed by atoms with Crippen molar-refractivity contribution in [2.24, 2.45) is 0 Å². The zero-order valence-electron chi connectivity index (χ0n) is 23.1. The van der Waals surface area contributed by atoms with E-state index in [0.717, 1.165) is 31.2 Å². The first-order chi connectivity index (χ1) is 19.8. The minimum absolute atomic E-state index is 0.0696. The van der Waals surface area contributed by atoms with Gasteiger partial charge in [-0.2, -0.15) is 0 Å². The quantitative estimate of drug-likeness (QED) is 0.342. The molecule has 1 aromatic carbocycles. The van der Waals surface area contributed by atoms with E-state index in [9.17, 15) is 24.3 Å². The first-order valence-electron chi connectivity index (χ1n) is 13.9. The van der Waals surface area contributed by atoms with E-state index in [1.54, 1.807) is 13.0 Å². The average Bonchev–Trinajstić information content (AvgIpc) is 3.48. The van der Waals surface area contributed by atoms with Gasteiger partial charge in [0, 0.05) is 37.2 Å². The van der Waals surface area contributed by atoms with E-state index in [1.807, 2.05) is 30.3 Å². The second kappa shape index (κ2) is 14.4. The zero-order chi connectivity index (χ0) is 29.2. The molecule has 13 heteroatoms. The fourth-order valence-electron chi connectivity index (χ4n) is 4.86. The highest BCUT2D eigenvalue weighted by atomic mass is 16.8. The largest absolute Gasteiger partial charge is 0.527 e. The smallest absolute Gasteiger partial charge is 0.481 e. The van der Waals surface area contributed by atoms with Crippen LogP contribution in [0.15, 0.2) is 36.4 Å². The summed E-state index contributed by atoms with van der Waals surface area (Å²) in [6.45, 7) is 2.77. The minimum Gasteiger partial charge on any atom is -0.481 e. The Morgan fingerprint density at radius 2 is 1.76 bits per heavy atom. The molecule has 2 fully saturated rings. The number of hydrogen-bond acceptors (Lipinski definition) is 10. The fraction of sp³-hybridized carbons (Fsp3) is 0.500. The van der Waals surface area contributed by atoms with E-state index >= 15 is 0 Å². The maximum Gasteiger partial charge on any atom is 0.527 e. The summed E-state index contributed by atoms with van der Waals surface area (Å²) in [4.78, 5) is 65.5. The molecule has 13 nitrogen and oxygen atoms in total. The van der Waals surface area contributed by atoms with Crippen LogP contribution < -0.4 is 10.6 Å². The van der Waals surface area contributed by atoms with Gasteiger partial charge >= 0.3 is 12.1 Å². The van der Waals surface area contributed by atoms with Gasteiger partial charge in [0.1, 0.15) is 17.6 Å². The molecular formula is C28H36N6O7. The van der Waals surface area contributed by atoms with Crippen LogP contribution >= 0.6 is 0 Å². The molecule has 0 unspecified atom stereocenters. The molecule has 1 saturated carbocycles. The van der Waals surface area contributed by atoms with Gasteiger partial charge in [-0.05, 0) is 26.2 Å². The molecule has 1 saturated heterocycles. The molecule has 220 valence electrons. The van der Waals surface area contributed by atoms with Crippen molar-refractivity contribution in [1.29, 1.82) is 0 Å². The number of aliphatic carboxylic acids is 1. The summed E-state index contributed by atoms with van der Waals surface area (Å²) in [6, 6.07) is 10.0. The predicted octanol–water partition coefficient (Wildman–Crippen LogP) is 2.69. The van der Waals surface area contributed by atoms with Crippen LogP contribution in [0.3, 0.4) is 0 Å². The van der Waals surface area contributed by atoms with E-state index in [4.69, 9.17) is 9.57 Å². The van der Waals surface area contributed by atoms with Crippen LogP contribution in [0, 0.1) is 0 Å². The van der Waals surface area contributed by atoms with E-state index in [1.165, 1.54) is 9.96 Å². The van der Waals surface area contributed by atoms with E-state index in [0.29, 0.717) is 11.6 Å². The molecule has 0 spiro atoms. The molecule has 4 rings (SSSR count). The van der Waals surface area contributed by atoms with Crippen LogP contribution in [0.2, 0.25) is 0 Å². The fourth-order valence-corrected chi connectivity index (χ4v) is 4.86. The van der Waals surface area contributed by atoms with Crippen molar-refractivity contribution < 1.29 is 33.9 Å². The average molecular weight is 569 g/mol. The van der Waals surface area contributed by atoms with Gasteiger partial charge in [-0.15, -0.1) is 5.06 Å². The molecule has 2 aromatic rings. The molecule has 0 bridgehead atoms. The van der Waals surface area contributed by atoms with Gasteiger partial charge in [-0.3, -0.25) is 14.4 Å². The van der Waals surface area contributed by atoms with Gasteiger partial charge in [0.15, 0.2) is 5.82 Å². The Bertz CT molecular complexity index is 1210. The third-order valence-electron chi connectivity index (χ3n) is 6.96. The monoisotopic (exact) mass is 568 g/mol. The lowest BCUT2D eigenvalue weighted by atomic mass is 10.1. The molecule has 0 radical (unpaired) electrons. The number of nitrogens with one attached hydrogen (secondary N) is 2. The first kappa shape index (κ1) is 29.7. The highest BCUT2D eigenvalue weighted by Crippen LogP contribution is 2.24. The van der Waals surface area contributed by atoms with Gasteiger partial charge in [-0.25, -0.2) is 14.8 Å². The second-order valence-electron chi connectivity index (χ2n) is 9.94. The Hall–Kier alpha value is -4.26. The first-order valence-corrected chi connectivity index (χ1v) is 13.9. The number of carbonyl (C=O) groups is 4. The summed E-state index contributed by atoms with van der Waals surface area (Å²) < 4.78 is 4.78. The number of amides is 2. The lowest BCUT2D eigenvalue weighted by molar-refractivity contribution is -0.157. The van der Waals surface area contributed by atoms with Crippen molar-refractivity contribution in [2.75, 3.05) is 38.1 Å². The number of ether oxygens (including phenoxy) is 1. The van der Waals surface area contributed by atoms with Crippen molar-refractivity contribution >= 4 is 29.8 Å². The Morgan fingerprint density at radius 1 is 1.05 bits per heavy atom. The number of carboxylic acids is 1. The Morgan fingerprint density at radius 3 is 2.41 bits per heavy atom. The Labute approximate surface area is 238 Å². The third-order valence-corrected chi connectivity index (χ3v) is 6.96. The number of aromatic nitrogens is 2. The molecular weight excluding hydrogens is 532 g/mol. The van der Waals surface area contributed by atoms with Crippen LogP contribution in [0.4, 0.5) is 10.6 Å². The number of hydroxylamine groups is 2. The van der Waals surface area contributed by atoms with Gasteiger partial charge in [0.2, 0.25) is 5.91 Å². The number of carbonyl (C=O) groups excluding carboxylic acids is 3. The van der Waals surface area contributed by atoms with Crippen LogP contribution in [-0.2, 0) is 19.2 Å². The van der Waals surface area contributed by atoms with E-state index in [2.05, 4.69) is 20.6 Å². The number of rotatable bonds is 11. The molecule has 41 heavy (non-hydrogen) atoms. The second-order valence-corrected chi connectivity index (χ2v) is 9.94. The molecule has 1 aromatic heterocycles. The summed E-state index contributed by atoms with van der Waals surface area (Å²) in [6.07, 6.45) is 3.04. The third kappa shape index (κ3) is 8.61. The van der Waals surface area contributed by atoms with Gasteiger partial charge in [0.25, 0.3) is 5.91 Å². The van der Waals surface area contributed by atoms with Crippen molar-refractivity contribution in [3.63, 3.8) is 0 Å². The lowest BCUT2D eigenvalue weighted by Gasteiger charge is -2.35. The number of piperazine rings is 1. The molecule has 2 amide bonds.